The van der Waals surface area contributed by atoms with Gasteiger partial charge in [-0.1, -0.05) is 49.3 Å². The molecule has 0 saturated carbocycles. The van der Waals surface area contributed by atoms with Gasteiger partial charge in [0.05, 0.1) is 24.3 Å². The van der Waals surface area contributed by atoms with E-state index in [0.29, 0.717) is 4.88 Å². The van der Waals surface area contributed by atoms with Gasteiger partial charge in [0.15, 0.2) is 5.13 Å². The molecule has 5 rings (SSSR count). The SMILES string of the molecule is CCCCC(Cc1c[nH]c2ccccc12)NC(=O)c1cnc(N2CCN(c3cncnc3)CC2)s1. The van der Waals surface area contributed by atoms with Gasteiger partial charge >= 0.3 is 0 Å². The summed E-state index contributed by atoms with van der Waals surface area (Å²) in [5.41, 5.74) is 3.42. The van der Waals surface area contributed by atoms with Crippen LogP contribution in [0.3, 0.4) is 0 Å². The molecule has 4 heterocycles. The molecule has 35 heavy (non-hydrogen) atoms. The second-order valence-corrected chi connectivity index (χ2v) is 9.96. The number of rotatable bonds is 9. The summed E-state index contributed by atoms with van der Waals surface area (Å²) in [4.78, 5) is 34.5. The Bertz CT molecular complexity index is 1250. The van der Waals surface area contributed by atoms with Crippen molar-refractivity contribution in [2.24, 2.45) is 0 Å². The Morgan fingerprint density at radius 1 is 1.11 bits per heavy atom. The van der Waals surface area contributed by atoms with Crippen molar-refractivity contribution in [1.82, 2.24) is 25.3 Å². The summed E-state index contributed by atoms with van der Waals surface area (Å²) in [6.45, 7) is 5.63. The quantitative estimate of drug-likeness (QED) is 0.365. The van der Waals surface area contributed by atoms with E-state index in [1.807, 2.05) is 18.5 Å². The Hall–Kier alpha value is -3.46. The number of hydrogen-bond donors (Lipinski definition) is 2. The fourth-order valence-electron chi connectivity index (χ4n) is 4.62. The highest BCUT2D eigenvalue weighted by atomic mass is 32.1. The second kappa shape index (κ2) is 10.9. The van der Waals surface area contributed by atoms with Crippen LogP contribution >= 0.6 is 11.3 Å². The highest BCUT2D eigenvalue weighted by Crippen LogP contribution is 2.26. The topological polar surface area (TPSA) is 90.0 Å². The van der Waals surface area contributed by atoms with Crippen LogP contribution in [-0.4, -0.2) is 58.1 Å². The summed E-state index contributed by atoms with van der Waals surface area (Å²) in [7, 11) is 0. The van der Waals surface area contributed by atoms with Crippen molar-refractivity contribution in [2.75, 3.05) is 36.0 Å². The van der Waals surface area contributed by atoms with Crippen LogP contribution in [0.2, 0.25) is 0 Å². The zero-order valence-electron chi connectivity index (χ0n) is 20.0. The standard InChI is InChI=1S/C26H31N7OS/c1-2-3-6-20(13-19-14-29-23-8-5-4-7-22(19)23)31-25(34)24-17-30-26(35-24)33-11-9-32(10-12-33)21-15-27-18-28-16-21/h4-5,7-8,14-18,20,29H,2-3,6,9-13H2,1H3,(H,31,34). The van der Waals surface area contributed by atoms with Gasteiger partial charge in [-0.15, -0.1) is 0 Å². The maximum atomic E-state index is 13.2. The minimum absolute atomic E-state index is 0.0326. The van der Waals surface area contributed by atoms with Gasteiger partial charge in [-0.2, -0.15) is 0 Å². The molecule has 1 atom stereocenters. The van der Waals surface area contributed by atoms with Crippen LogP contribution < -0.4 is 15.1 Å². The molecule has 8 nitrogen and oxygen atoms in total. The largest absolute Gasteiger partial charge is 0.365 e. The van der Waals surface area contributed by atoms with Gasteiger partial charge in [0, 0.05) is 49.3 Å². The molecule has 0 radical (unpaired) electrons. The minimum Gasteiger partial charge on any atom is -0.365 e. The summed E-state index contributed by atoms with van der Waals surface area (Å²) in [5, 5.41) is 5.42. The number of benzene rings is 1. The van der Waals surface area contributed by atoms with Gasteiger partial charge < -0.3 is 20.1 Å². The Labute approximate surface area is 209 Å². The molecule has 0 bridgehead atoms. The van der Waals surface area contributed by atoms with Crippen molar-refractivity contribution >= 4 is 39.0 Å². The predicted octanol–water partition coefficient (Wildman–Crippen LogP) is 4.27. The van der Waals surface area contributed by atoms with E-state index in [4.69, 9.17) is 0 Å². The molecule has 182 valence electrons. The first-order chi connectivity index (χ1) is 17.2. The van der Waals surface area contributed by atoms with Gasteiger partial charge in [0.25, 0.3) is 5.91 Å². The highest BCUT2D eigenvalue weighted by Gasteiger charge is 2.22. The number of fused-ring (bicyclic) bond motifs is 1. The van der Waals surface area contributed by atoms with Crippen molar-refractivity contribution in [3.8, 4) is 0 Å². The zero-order chi connectivity index (χ0) is 24.0. The van der Waals surface area contributed by atoms with E-state index in [1.165, 1.54) is 22.3 Å². The van der Waals surface area contributed by atoms with Gasteiger partial charge in [0.2, 0.25) is 0 Å². The number of carbonyl (C=O) groups is 1. The number of anilines is 2. The molecule has 1 saturated heterocycles. The van der Waals surface area contributed by atoms with Crippen LogP contribution in [0.5, 0.6) is 0 Å². The number of aromatic amines is 1. The number of unbranched alkanes of at least 4 members (excludes halogenated alkanes) is 1. The Kier molecular flexibility index (Phi) is 7.23. The molecule has 0 aliphatic carbocycles. The molecule has 1 amide bonds. The first-order valence-corrected chi connectivity index (χ1v) is 13.1. The van der Waals surface area contributed by atoms with Crippen LogP contribution in [0.1, 0.15) is 41.4 Å². The van der Waals surface area contributed by atoms with Crippen molar-refractivity contribution in [1.29, 1.82) is 0 Å². The van der Waals surface area contributed by atoms with E-state index in [0.717, 1.165) is 68.2 Å². The third-order valence-electron chi connectivity index (χ3n) is 6.56. The Balaban J connectivity index is 1.21. The van der Waals surface area contributed by atoms with E-state index in [2.05, 4.69) is 66.4 Å². The molecule has 0 spiro atoms. The Morgan fingerprint density at radius 3 is 2.69 bits per heavy atom. The van der Waals surface area contributed by atoms with Gasteiger partial charge in [-0.05, 0) is 24.5 Å². The lowest BCUT2D eigenvalue weighted by atomic mass is 10.0. The number of nitrogens with one attached hydrogen (secondary N) is 2. The second-order valence-electron chi connectivity index (χ2n) is 8.95. The molecule has 1 aliphatic rings. The lowest BCUT2D eigenvalue weighted by Gasteiger charge is -2.35. The third kappa shape index (κ3) is 5.45. The first kappa shape index (κ1) is 23.3. The van der Waals surface area contributed by atoms with Crippen molar-refractivity contribution < 1.29 is 4.79 Å². The summed E-state index contributed by atoms with van der Waals surface area (Å²) in [5.74, 6) is -0.0326. The molecular weight excluding hydrogens is 458 g/mol. The minimum atomic E-state index is -0.0326. The van der Waals surface area contributed by atoms with E-state index < -0.39 is 0 Å². The number of amides is 1. The number of piperazine rings is 1. The number of hydrogen-bond acceptors (Lipinski definition) is 7. The maximum absolute atomic E-state index is 13.2. The van der Waals surface area contributed by atoms with Crippen molar-refractivity contribution in [3.63, 3.8) is 0 Å². The van der Waals surface area contributed by atoms with Crippen LogP contribution in [-0.2, 0) is 6.42 Å². The molecule has 1 aromatic carbocycles. The lowest BCUT2D eigenvalue weighted by Crippen LogP contribution is -2.46. The summed E-state index contributed by atoms with van der Waals surface area (Å²) < 4.78 is 0. The normalized spacial score (nSPS) is 14.9. The number of carbonyl (C=O) groups excluding carboxylic acids is 1. The predicted molar refractivity (Wildman–Crippen MR) is 141 cm³/mol. The average Bonchev–Trinajstić information content (AvgIpc) is 3.56. The van der Waals surface area contributed by atoms with Gasteiger partial charge in [0.1, 0.15) is 11.2 Å². The molecule has 9 heteroatoms. The van der Waals surface area contributed by atoms with Crippen molar-refractivity contribution in [2.45, 2.75) is 38.6 Å². The molecular formula is C26H31N7OS. The number of nitrogens with zero attached hydrogens (tertiary/aromatic N) is 5. The van der Waals surface area contributed by atoms with Crippen LogP contribution in [0.15, 0.2) is 55.4 Å². The lowest BCUT2D eigenvalue weighted by molar-refractivity contribution is 0.0938. The van der Waals surface area contributed by atoms with E-state index in [9.17, 15) is 4.79 Å². The zero-order valence-corrected chi connectivity index (χ0v) is 20.8. The molecule has 2 N–H and O–H groups in total. The summed E-state index contributed by atoms with van der Waals surface area (Å²) in [6.07, 6.45) is 13.0. The number of para-hydroxylation sites is 1. The molecule has 1 fully saturated rings. The first-order valence-electron chi connectivity index (χ1n) is 12.3. The van der Waals surface area contributed by atoms with Crippen LogP contribution in [0, 0.1) is 0 Å². The molecule has 1 unspecified atom stereocenters. The van der Waals surface area contributed by atoms with Gasteiger partial charge in [-0.25, -0.2) is 15.0 Å². The smallest absolute Gasteiger partial charge is 0.263 e. The van der Waals surface area contributed by atoms with Crippen LogP contribution in [0.25, 0.3) is 10.9 Å². The maximum Gasteiger partial charge on any atom is 0.263 e. The molecule has 1 aliphatic heterocycles. The Morgan fingerprint density at radius 2 is 1.89 bits per heavy atom. The number of aromatic nitrogens is 4. The van der Waals surface area contributed by atoms with Crippen molar-refractivity contribution in [3.05, 3.63) is 65.8 Å². The molecule has 3 aromatic heterocycles. The van der Waals surface area contributed by atoms with E-state index in [1.54, 1.807) is 12.5 Å². The number of thiazole rings is 1. The van der Waals surface area contributed by atoms with Gasteiger partial charge in [-0.3, -0.25) is 4.79 Å². The fraction of sp³-hybridized carbons (Fsp3) is 0.385. The van der Waals surface area contributed by atoms with Crippen LogP contribution in [0.4, 0.5) is 10.8 Å². The van der Waals surface area contributed by atoms with E-state index in [-0.39, 0.29) is 11.9 Å². The highest BCUT2D eigenvalue weighted by molar-refractivity contribution is 7.17. The third-order valence-corrected chi connectivity index (χ3v) is 7.62. The fourth-order valence-corrected chi connectivity index (χ4v) is 5.50. The summed E-state index contributed by atoms with van der Waals surface area (Å²) >= 11 is 1.47. The monoisotopic (exact) mass is 489 g/mol. The number of H-pyrrole nitrogens is 1. The summed E-state index contributed by atoms with van der Waals surface area (Å²) in [6, 6.07) is 8.41. The molecule has 4 aromatic rings. The average molecular weight is 490 g/mol. The van der Waals surface area contributed by atoms with E-state index >= 15 is 0 Å².